The molecular formula is C54H99NO5. The van der Waals surface area contributed by atoms with Gasteiger partial charge >= 0.3 is 5.97 Å². The van der Waals surface area contributed by atoms with E-state index in [9.17, 15) is 19.8 Å². The molecule has 350 valence electrons. The molecule has 0 saturated heterocycles. The van der Waals surface area contributed by atoms with E-state index in [1.165, 1.54) is 128 Å². The van der Waals surface area contributed by atoms with Crippen molar-refractivity contribution in [1.29, 1.82) is 0 Å². The Morgan fingerprint density at radius 3 is 1.42 bits per heavy atom. The van der Waals surface area contributed by atoms with Crippen LogP contribution in [0.3, 0.4) is 0 Å². The van der Waals surface area contributed by atoms with Crippen molar-refractivity contribution in [1.82, 2.24) is 5.32 Å². The first kappa shape index (κ1) is 57.8. The summed E-state index contributed by atoms with van der Waals surface area (Å²) in [6.45, 7) is 6.36. The van der Waals surface area contributed by atoms with E-state index >= 15 is 0 Å². The Balaban J connectivity index is 4.59. The number of aliphatic hydroxyl groups excluding tert-OH is 2. The predicted molar refractivity (Wildman–Crippen MR) is 259 cm³/mol. The molecule has 6 nitrogen and oxygen atoms in total. The molecule has 0 aromatic heterocycles. The molecule has 6 heteroatoms. The predicted octanol–water partition coefficient (Wildman–Crippen LogP) is 15.5. The number of nitrogens with one attached hydrogen (secondary N) is 1. The van der Waals surface area contributed by atoms with Crippen LogP contribution in [0.15, 0.2) is 48.6 Å². The molecule has 3 atom stereocenters. The van der Waals surface area contributed by atoms with Gasteiger partial charge in [0.15, 0.2) is 0 Å². The number of hydrogen-bond donors (Lipinski definition) is 3. The van der Waals surface area contributed by atoms with Crippen LogP contribution in [0.5, 0.6) is 0 Å². The Morgan fingerprint density at radius 1 is 0.500 bits per heavy atom. The topological polar surface area (TPSA) is 95.9 Å². The first-order valence-corrected chi connectivity index (χ1v) is 25.9. The number of ether oxygens (including phenoxy) is 1. The van der Waals surface area contributed by atoms with Gasteiger partial charge in [-0.05, 0) is 77.0 Å². The maximum atomic E-state index is 13.2. The van der Waals surface area contributed by atoms with Crippen molar-refractivity contribution < 1.29 is 24.5 Å². The molecular weight excluding hydrogens is 743 g/mol. The third-order valence-electron chi connectivity index (χ3n) is 11.6. The summed E-state index contributed by atoms with van der Waals surface area (Å²) >= 11 is 0. The van der Waals surface area contributed by atoms with Gasteiger partial charge in [-0.3, -0.25) is 9.59 Å². The Hall–Kier alpha value is -2.18. The normalized spacial score (nSPS) is 13.6. The third kappa shape index (κ3) is 42.5. The van der Waals surface area contributed by atoms with Gasteiger partial charge in [0.1, 0.15) is 6.10 Å². The van der Waals surface area contributed by atoms with Crippen molar-refractivity contribution in [3.05, 3.63) is 48.6 Å². The van der Waals surface area contributed by atoms with E-state index in [0.29, 0.717) is 19.3 Å². The summed E-state index contributed by atoms with van der Waals surface area (Å²) in [6.07, 6.45) is 57.4. The van der Waals surface area contributed by atoms with Crippen molar-refractivity contribution in [2.75, 3.05) is 6.61 Å². The molecule has 1 amide bonds. The maximum Gasteiger partial charge on any atom is 0.306 e. The minimum Gasteiger partial charge on any atom is -0.462 e. The monoisotopic (exact) mass is 842 g/mol. The smallest absolute Gasteiger partial charge is 0.306 e. The number of carbonyl (C=O) groups excluding carboxylic acids is 2. The van der Waals surface area contributed by atoms with Crippen LogP contribution >= 0.6 is 0 Å². The molecule has 0 fully saturated rings. The van der Waals surface area contributed by atoms with E-state index in [4.69, 9.17) is 4.74 Å². The molecule has 0 radical (unpaired) electrons. The summed E-state index contributed by atoms with van der Waals surface area (Å²) in [5.41, 5.74) is 0. The Morgan fingerprint density at radius 2 is 0.917 bits per heavy atom. The number of allylic oxidation sites excluding steroid dienone is 8. The molecule has 0 aromatic rings. The lowest BCUT2D eigenvalue weighted by Crippen LogP contribution is -2.46. The van der Waals surface area contributed by atoms with Crippen LogP contribution in [0.25, 0.3) is 0 Å². The lowest BCUT2D eigenvalue weighted by molar-refractivity contribution is -0.151. The van der Waals surface area contributed by atoms with Crippen molar-refractivity contribution >= 4 is 11.9 Å². The molecule has 0 aliphatic rings. The van der Waals surface area contributed by atoms with Gasteiger partial charge in [0.25, 0.3) is 0 Å². The van der Waals surface area contributed by atoms with Gasteiger partial charge in [-0.1, -0.05) is 217 Å². The second kappa shape index (κ2) is 47.9. The zero-order chi connectivity index (χ0) is 43.8. The summed E-state index contributed by atoms with van der Waals surface area (Å²) in [6, 6.07) is -0.711. The maximum absolute atomic E-state index is 13.2. The molecule has 0 saturated carbocycles. The van der Waals surface area contributed by atoms with E-state index in [1.807, 2.05) is 0 Å². The summed E-state index contributed by atoms with van der Waals surface area (Å²) in [5.74, 6) is -0.513. The number of unbranched alkanes of at least 4 members (excludes halogenated alkanes) is 26. The van der Waals surface area contributed by atoms with Crippen LogP contribution < -0.4 is 5.32 Å². The summed E-state index contributed by atoms with van der Waals surface area (Å²) in [7, 11) is 0. The highest BCUT2D eigenvalue weighted by Crippen LogP contribution is 2.17. The van der Waals surface area contributed by atoms with Gasteiger partial charge in [-0.2, -0.15) is 0 Å². The molecule has 0 spiro atoms. The van der Waals surface area contributed by atoms with E-state index < -0.39 is 18.2 Å². The highest BCUT2D eigenvalue weighted by atomic mass is 16.5. The molecule has 3 N–H and O–H groups in total. The second-order valence-electron chi connectivity index (χ2n) is 17.5. The van der Waals surface area contributed by atoms with Gasteiger partial charge < -0.3 is 20.3 Å². The fraction of sp³-hybridized carbons (Fsp3) is 0.815. The van der Waals surface area contributed by atoms with Gasteiger partial charge in [0.2, 0.25) is 5.91 Å². The van der Waals surface area contributed by atoms with Crippen molar-refractivity contribution in [3.63, 3.8) is 0 Å². The third-order valence-corrected chi connectivity index (χ3v) is 11.6. The second-order valence-corrected chi connectivity index (χ2v) is 17.5. The quantitative estimate of drug-likeness (QED) is 0.0322. The van der Waals surface area contributed by atoms with Crippen molar-refractivity contribution in [2.24, 2.45) is 0 Å². The number of hydrogen-bond acceptors (Lipinski definition) is 5. The fourth-order valence-electron chi connectivity index (χ4n) is 7.74. The fourth-order valence-corrected chi connectivity index (χ4v) is 7.74. The van der Waals surface area contributed by atoms with Gasteiger partial charge in [-0.25, -0.2) is 0 Å². The number of esters is 1. The summed E-state index contributed by atoms with van der Waals surface area (Å²) in [4.78, 5) is 26.1. The van der Waals surface area contributed by atoms with Gasteiger partial charge in [0, 0.05) is 6.42 Å². The van der Waals surface area contributed by atoms with Crippen LogP contribution in [0.4, 0.5) is 0 Å². The van der Waals surface area contributed by atoms with Crippen molar-refractivity contribution in [2.45, 2.75) is 277 Å². The molecule has 0 bridgehead atoms. The first-order chi connectivity index (χ1) is 29.5. The molecule has 60 heavy (non-hydrogen) atoms. The zero-order valence-corrected chi connectivity index (χ0v) is 39.8. The van der Waals surface area contributed by atoms with Crippen LogP contribution in [-0.2, 0) is 14.3 Å². The number of rotatable bonds is 46. The van der Waals surface area contributed by atoms with Crippen LogP contribution in [-0.4, -0.2) is 46.9 Å². The highest BCUT2D eigenvalue weighted by molar-refractivity contribution is 5.77. The largest absolute Gasteiger partial charge is 0.462 e. The molecule has 0 rings (SSSR count). The van der Waals surface area contributed by atoms with E-state index in [-0.39, 0.29) is 24.9 Å². The molecule has 3 unspecified atom stereocenters. The van der Waals surface area contributed by atoms with E-state index in [0.717, 1.165) is 83.5 Å². The number of carbonyl (C=O) groups is 2. The molecule has 0 aliphatic carbocycles. The van der Waals surface area contributed by atoms with Gasteiger partial charge in [-0.15, -0.1) is 0 Å². The molecule has 0 heterocycles. The summed E-state index contributed by atoms with van der Waals surface area (Å²) in [5, 5.41) is 23.7. The van der Waals surface area contributed by atoms with E-state index in [1.54, 1.807) is 0 Å². The average molecular weight is 842 g/mol. The lowest BCUT2D eigenvalue weighted by atomic mass is 10.0. The summed E-state index contributed by atoms with van der Waals surface area (Å²) < 4.78 is 5.91. The Labute approximate surface area is 372 Å². The highest BCUT2D eigenvalue weighted by Gasteiger charge is 2.24. The number of aliphatic hydroxyl groups is 2. The minimum absolute atomic E-state index is 0.0521. The first-order valence-electron chi connectivity index (χ1n) is 25.9. The van der Waals surface area contributed by atoms with Crippen LogP contribution in [0, 0.1) is 0 Å². The van der Waals surface area contributed by atoms with Crippen molar-refractivity contribution in [3.8, 4) is 0 Å². The lowest BCUT2D eigenvalue weighted by Gasteiger charge is -2.24. The Kier molecular flexibility index (Phi) is 46.1. The van der Waals surface area contributed by atoms with Crippen LogP contribution in [0.2, 0.25) is 0 Å². The number of amides is 1. The van der Waals surface area contributed by atoms with E-state index in [2.05, 4.69) is 74.7 Å². The van der Waals surface area contributed by atoms with Crippen LogP contribution in [0.1, 0.15) is 258 Å². The SMILES string of the molecule is CC/C=C/C/C=C/C/C=C/CCCCCCCCC(=O)OC(CCC/C=C\CCCCCCCCC)CC(=O)NC(CO)C(O)CCCCCCCCCCCCCCC. The average Bonchev–Trinajstić information content (AvgIpc) is 3.24. The van der Waals surface area contributed by atoms with Gasteiger partial charge in [0.05, 0.1) is 25.2 Å². The molecule has 0 aromatic carbocycles. The zero-order valence-electron chi connectivity index (χ0n) is 39.8. The standard InChI is InChI=1S/C54H99NO5/c1-4-7-10-13-16-19-22-25-26-27-29-32-35-38-41-44-47-54(59)60-50(45-42-39-36-33-30-24-21-18-15-12-9-6-3)48-53(58)55-51(49-56)52(57)46-43-40-37-34-31-28-23-20-17-14-11-8-5-2/h7,10,16,19,25-26,33,36,50-52,56-57H,4-6,8-9,11-15,17-18,20-24,27-32,34-35,37-49H2,1-3H3,(H,55,58)/b10-7+,19-16+,26-25+,36-33-. The Bertz CT molecular complexity index is 1040. The molecule has 0 aliphatic heterocycles. The minimum atomic E-state index is -0.795.